The van der Waals surface area contributed by atoms with E-state index >= 15 is 0 Å². The standard InChI is InChI=1S/C17H17NO5/c19-16(18-11-5-4-8-13(18)17(20)21)14-9-10-15(23-14)22-12-6-2-1-3-7-12/h1-3,6-7,9-10,13H,4-5,8,11H2,(H,20,21)/t13-/m1/s1. The van der Waals surface area contributed by atoms with Gasteiger partial charge >= 0.3 is 5.97 Å². The molecule has 23 heavy (non-hydrogen) atoms. The molecule has 2 heterocycles. The maximum Gasteiger partial charge on any atom is 0.326 e. The number of nitrogens with zero attached hydrogens (tertiary/aromatic N) is 1. The lowest BCUT2D eigenvalue weighted by atomic mass is 10.0. The van der Waals surface area contributed by atoms with E-state index in [2.05, 4.69) is 0 Å². The molecule has 6 heteroatoms. The highest BCUT2D eigenvalue weighted by Crippen LogP contribution is 2.26. The van der Waals surface area contributed by atoms with Crippen molar-refractivity contribution < 1.29 is 23.8 Å². The zero-order valence-corrected chi connectivity index (χ0v) is 12.5. The summed E-state index contributed by atoms with van der Waals surface area (Å²) in [5, 5.41) is 9.26. The van der Waals surface area contributed by atoms with Crippen molar-refractivity contribution in [2.45, 2.75) is 25.3 Å². The number of carbonyl (C=O) groups is 2. The Morgan fingerprint density at radius 1 is 1.13 bits per heavy atom. The summed E-state index contributed by atoms with van der Waals surface area (Å²) in [5.74, 6) is -0.514. The van der Waals surface area contributed by atoms with Gasteiger partial charge in [-0.2, -0.15) is 0 Å². The van der Waals surface area contributed by atoms with Crippen LogP contribution in [0.15, 0.2) is 46.9 Å². The predicted octanol–water partition coefficient (Wildman–Crippen LogP) is 3.15. The molecule has 0 unspecified atom stereocenters. The Morgan fingerprint density at radius 2 is 1.91 bits per heavy atom. The number of hydrogen-bond donors (Lipinski definition) is 1. The molecule has 1 N–H and O–H groups in total. The molecule has 1 fully saturated rings. The quantitative estimate of drug-likeness (QED) is 0.937. The summed E-state index contributed by atoms with van der Waals surface area (Å²) in [5.41, 5.74) is 0. The number of carboxylic acids is 1. The molecule has 1 aromatic carbocycles. The third-order valence-corrected chi connectivity index (χ3v) is 3.80. The number of para-hydroxylation sites is 1. The molecule has 1 atom stereocenters. The molecule has 1 saturated heterocycles. The fourth-order valence-electron chi connectivity index (χ4n) is 2.67. The zero-order valence-electron chi connectivity index (χ0n) is 12.5. The highest BCUT2D eigenvalue weighted by atomic mass is 16.6. The van der Waals surface area contributed by atoms with Gasteiger partial charge < -0.3 is 19.2 Å². The van der Waals surface area contributed by atoms with Crippen LogP contribution in [-0.4, -0.2) is 34.5 Å². The first-order valence-electron chi connectivity index (χ1n) is 7.51. The van der Waals surface area contributed by atoms with E-state index in [9.17, 15) is 14.7 Å². The maximum absolute atomic E-state index is 12.5. The lowest BCUT2D eigenvalue weighted by molar-refractivity contribution is -0.143. The van der Waals surface area contributed by atoms with Gasteiger partial charge in [0.15, 0.2) is 5.76 Å². The van der Waals surface area contributed by atoms with Crippen LogP contribution in [0.1, 0.15) is 29.8 Å². The number of carbonyl (C=O) groups excluding carboxylic acids is 1. The van der Waals surface area contributed by atoms with Crippen molar-refractivity contribution in [3.05, 3.63) is 48.2 Å². The van der Waals surface area contributed by atoms with Crippen LogP contribution in [-0.2, 0) is 4.79 Å². The van der Waals surface area contributed by atoms with Gasteiger partial charge in [0, 0.05) is 12.6 Å². The van der Waals surface area contributed by atoms with Crippen molar-refractivity contribution in [1.29, 1.82) is 0 Å². The second-order valence-corrected chi connectivity index (χ2v) is 5.38. The Balaban J connectivity index is 1.74. The van der Waals surface area contributed by atoms with Crippen LogP contribution in [0.25, 0.3) is 0 Å². The van der Waals surface area contributed by atoms with Crippen LogP contribution >= 0.6 is 0 Å². The summed E-state index contributed by atoms with van der Waals surface area (Å²) < 4.78 is 10.9. The third kappa shape index (κ3) is 3.36. The van der Waals surface area contributed by atoms with Gasteiger partial charge in [0.1, 0.15) is 11.8 Å². The van der Waals surface area contributed by atoms with E-state index in [1.54, 1.807) is 18.2 Å². The van der Waals surface area contributed by atoms with Gasteiger partial charge in [0.05, 0.1) is 0 Å². The van der Waals surface area contributed by atoms with E-state index < -0.39 is 17.9 Å². The molecule has 1 aliphatic heterocycles. The third-order valence-electron chi connectivity index (χ3n) is 3.80. The Bertz CT molecular complexity index is 694. The fourth-order valence-corrected chi connectivity index (χ4v) is 2.67. The molecule has 120 valence electrons. The van der Waals surface area contributed by atoms with Crippen LogP contribution in [0, 0.1) is 0 Å². The molecule has 6 nitrogen and oxygen atoms in total. The van der Waals surface area contributed by atoms with Gasteiger partial charge in [-0.05, 0) is 37.5 Å². The van der Waals surface area contributed by atoms with Gasteiger partial charge in [-0.15, -0.1) is 0 Å². The maximum atomic E-state index is 12.5. The van der Waals surface area contributed by atoms with Gasteiger partial charge in [-0.25, -0.2) is 4.79 Å². The van der Waals surface area contributed by atoms with E-state index in [4.69, 9.17) is 9.15 Å². The number of likely N-dealkylation sites (tertiary alicyclic amines) is 1. The average molecular weight is 315 g/mol. The molecule has 1 amide bonds. The van der Waals surface area contributed by atoms with Crippen molar-refractivity contribution in [1.82, 2.24) is 4.90 Å². The van der Waals surface area contributed by atoms with Crippen LogP contribution in [0.5, 0.6) is 11.7 Å². The number of rotatable bonds is 4. The van der Waals surface area contributed by atoms with Crippen LogP contribution in [0.2, 0.25) is 0 Å². The van der Waals surface area contributed by atoms with E-state index in [1.165, 1.54) is 11.0 Å². The number of ether oxygens (including phenoxy) is 1. The lowest BCUT2D eigenvalue weighted by Crippen LogP contribution is -2.47. The van der Waals surface area contributed by atoms with Crippen molar-refractivity contribution in [3.63, 3.8) is 0 Å². The Morgan fingerprint density at radius 3 is 2.65 bits per heavy atom. The Hall–Kier alpha value is -2.76. The molecule has 0 aliphatic carbocycles. The summed E-state index contributed by atoms with van der Waals surface area (Å²) in [6.07, 6.45) is 2.07. The Kier molecular flexibility index (Phi) is 4.32. The van der Waals surface area contributed by atoms with Crippen molar-refractivity contribution in [2.24, 2.45) is 0 Å². The number of hydrogen-bond acceptors (Lipinski definition) is 4. The summed E-state index contributed by atoms with van der Waals surface area (Å²) in [4.78, 5) is 25.1. The van der Waals surface area contributed by atoms with Crippen LogP contribution in [0.4, 0.5) is 0 Å². The topological polar surface area (TPSA) is 80.0 Å². The fraction of sp³-hybridized carbons (Fsp3) is 0.294. The molecule has 1 aromatic heterocycles. The minimum absolute atomic E-state index is 0.0871. The number of piperidine rings is 1. The number of benzene rings is 1. The summed E-state index contributed by atoms with van der Waals surface area (Å²) >= 11 is 0. The largest absolute Gasteiger partial charge is 0.480 e. The zero-order chi connectivity index (χ0) is 16.2. The number of carboxylic acid groups (broad SMARTS) is 1. The van der Waals surface area contributed by atoms with Gasteiger partial charge in [-0.1, -0.05) is 18.2 Å². The first kappa shape index (κ1) is 15.1. The summed E-state index contributed by atoms with van der Waals surface area (Å²) in [6, 6.07) is 11.3. The molecular weight excluding hydrogens is 298 g/mol. The van der Waals surface area contributed by atoms with E-state index in [1.807, 2.05) is 18.2 Å². The summed E-state index contributed by atoms with van der Waals surface area (Å²) in [6.45, 7) is 0.422. The normalized spacial score (nSPS) is 17.7. The van der Waals surface area contributed by atoms with Crippen molar-refractivity contribution in [3.8, 4) is 11.7 Å². The first-order valence-corrected chi connectivity index (χ1v) is 7.51. The molecular formula is C17H17NO5. The van der Waals surface area contributed by atoms with Crippen molar-refractivity contribution in [2.75, 3.05) is 6.54 Å². The first-order chi connectivity index (χ1) is 11.1. The summed E-state index contributed by atoms with van der Waals surface area (Å²) in [7, 11) is 0. The van der Waals surface area contributed by atoms with Crippen molar-refractivity contribution >= 4 is 11.9 Å². The lowest BCUT2D eigenvalue weighted by Gasteiger charge is -2.32. The predicted molar refractivity (Wildman–Crippen MR) is 81.5 cm³/mol. The second-order valence-electron chi connectivity index (χ2n) is 5.38. The van der Waals surface area contributed by atoms with E-state index in [-0.39, 0.29) is 11.7 Å². The van der Waals surface area contributed by atoms with Gasteiger partial charge in [-0.3, -0.25) is 4.79 Å². The minimum Gasteiger partial charge on any atom is -0.480 e. The second kappa shape index (κ2) is 6.56. The SMILES string of the molecule is O=C(O)[C@H]1CCCCN1C(=O)c1ccc(Oc2ccccc2)o1. The highest BCUT2D eigenvalue weighted by Gasteiger charge is 2.33. The van der Waals surface area contributed by atoms with Crippen LogP contribution in [0.3, 0.4) is 0 Å². The minimum atomic E-state index is -0.981. The van der Waals surface area contributed by atoms with Gasteiger partial charge in [0.25, 0.3) is 11.9 Å². The Labute approximate surface area is 133 Å². The van der Waals surface area contributed by atoms with E-state index in [0.29, 0.717) is 18.7 Å². The molecule has 0 radical (unpaired) electrons. The number of amides is 1. The van der Waals surface area contributed by atoms with E-state index in [0.717, 1.165) is 12.8 Å². The molecule has 0 bridgehead atoms. The smallest absolute Gasteiger partial charge is 0.326 e. The van der Waals surface area contributed by atoms with Crippen LogP contribution < -0.4 is 4.74 Å². The monoisotopic (exact) mass is 315 g/mol. The molecule has 1 aliphatic rings. The molecule has 0 spiro atoms. The number of furan rings is 1. The molecule has 2 aromatic rings. The number of aliphatic carboxylic acids is 1. The molecule has 0 saturated carbocycles. The average Bonchev–Trinajstić information content (AvgIpc) is 3.03. The molecule has 3 rings (SSSR count). The highest BCUT2D eigenvalue weighted by molar-refractivity contribution is 5.94. The van der Waals surface area contributed by atoms with Gasteiger partial charge in [0.2, 0.25) is 0 Å².